The van der Waals surface area contributed by atoms with E-state index in [9.17, 15) is 0 Å². The molecule has 0 spiro atoms. The minimum absolute atomic E-state index is 0.405. The van der Waals surface area contributed by atoms with Crippen LogP contribution in [0.15, 0.2) is 0 Å². The van der Waals surface area contributed by atoms with Crippen molar-refractivity contribution in [3.05, 3.63) is 0 Å². The molecule has 116 valence electrons. The minimum Gasteiger partial charge on any atom is -0.318 e. The molecule has 0 aliphatic carbocycles. The Hall–Kier alpha value is 0.890. The number of likely N-dealkylation sites (N-methyl/N-ethyl adjacent to an activating group) is 2. The summed E-state index contributed by atoms with van der Waals surface area (Å²) in [5.74, 6) is 2.57. The summed E-state index contributed by atoms with van der Waals surface area (Å²) in [6, 6.07) is 1.25. The van der Waals surface area contributed by atoms with Crippen LogP contribution in [0, 0.1) is 0 Å². The first kappa shape index (κ1) is 19.9. The molecule has 0 aliphatic rings. The van der Waals surface area contributed by atoms with Crippen LogP contribution in [-0.4, -0.2) is 69.1 Å². The van der Waals surface area contributed by atoms with E-state index in [0.29, 0.717) is 18.1 Å². The molecule has 0 unspecified atom stereocenters. The van der Waals surface area contributed by atoms with E-state index in [1.807, 2.05) is 14.1 Å². The molecule has 19 heavy (non-hydrogen) atoms. The van der Waals surface area contributed by atoms with Gasteiger partial charge >= 0.3 is 0 Å². The summed E-state index contributed by atoms with van der Waals surface area (Å²) in [4.78, 5) is 0. The normalized spacial score (nSPS) is 16.3. The van der Waals surface area contributed by atoms with Crippen molar-refractivity contribution in [2.24, 2.45) is 0 Å². The van der Waals surface area contributed by atoms with Gasteiger partial charge in [0.05, 0.1) is 0 Å². The van der Waals surface area contributed by atoms with Gasteiger partial charge < -0.3 is 21.3 Å². The van der Waals surface area contributed by atoms with Crippen molar-refractivity contribution in [3.63, 3.8) is 0 Å². The molecule has 0 fully saturated rings. The van der Waals surface area contributed by atoms with Gasteiger partial charge in [-0.15, -0.1) is 0 Å². The summed E-state index contributed by atoms with van der Waals surface area (Å²) >= 11 is 13.0. The third kappa shape index (κ3) is 10.3. The van der Waals surface area contributed by atoms with Gasteiger partial charge in [-0.2, -0.15) is 37.9 Å². The van der Waals surface area contributed by atoms with Crippen LogP contribution in [0.3, 0.4) is 0 Å². The van der Waals surface area contributed by atoms with Crippen molar-refractivity contribution in [2.75, 3.05) is 51.0 Å². The van der Waals surface area contributed by atoms with Crippen molar-refractivity contribution >= 4 is 37.9 Å². The highest BCUT2D eigenvalue weighted by Crippen LogP contribution is 1.96. The van der Waals surface area contributed by atoms with E-state index in [0.717, 1.165) is 43.3 Å². The van der Waals surface area contributed by atoms with E-state index >= 15 is 0 Å². The highest BCUT2D eigenvalue weighted by Gasteiger charge is 2.12. The SMILES string of the molecule is CNC[C@@H](CS)NC[C@@H](CCS)NC[C@@H](CS)NC. The summed E-state index contributed by atoms with van der Waals surface area (Å²) in [6.07, 6.45) is 1.05. The second-order valence-corrected chi connectivity index (χ2v) is 5.81. The van der Waals surface area contributed by atoms with Crippen LogP contribution in [0.4, 0.5) is 0 Å². The molecule has 0 heterocycles. The maximum atomic E-state index is 4.36. The van der Waals surface area contributed by atoms with Crippen LogP contribution in [0.1, 0.15) is 6.42 Å². The fraction of sp³-hybridized carbons (Fsp3) is 1.00. The number of rotatable bonds is 13. The third-order valence-electron chi connectivity index (χ3n) is 3.08. The Morgan fingerprint density at radius 3 is 1.84 bits per heavy atom. The molecule has 0 aromatic carbocycles. The molecule has 0 aromatic heterocycles. The van der Waals surface area contributed by atoms with Crippen molar-refractivity contribution in [1.29, 1.82) is 0 Å². The molecule has 0 saturated carbocycles. The summed E-state index contributed by atoms with van der Waals surface area (Å²) in [5, 5.41) is 13.5. The lowest BCUT2D eigenvalue weighted by Gasteiger charge is -2.24. The number of hydrogen-bond donors (Lipinski definition) is 7. The fourth-order valence-corrected chi connectivity index (χ4v) is 2.64. The number of nitrogens with one attached hydrogen (secondary N) is 4. The lowest BCUT2D eigenvalue weighted by Crippen LogP contribution is -2.49. The molecular formula is C12H30N4S3. The highest BCUT2D eigenvalue weighted by atomic mass is 32.1. The summed E-state index contributed by atoms with van der Waals surface area (Å²) in [6.45, 7) is 2.81. The van der Waals surface area contributed by atoms with Crippen LogP contribution < -0.4 is 21.3 Å². The molecular weight excluding hydrogens is 296 g/mol. The molecule has 0 aromatic rings. The summed E-state index contributed by atoms with van der Waals surface area (Å²) < 4.78 is 0. The van der Waals surface area contributed by atoms with Crippen molar-refractivity contribution in [3.8, 4) is 0 Å². The van der Waals surface area contributed by atoms with Gasteiger partial charge in [-0.1, -0.05) is 0 Å². The Kier molecular flexibility index (Phi) is 14.5. The highest BCUT2D eigenvalue weighted by molar-refractivity contribution is 7.80. The standard InChI is InChI=1S/C12H30N4S3/c1-13-5-12(9-19)16-6-10(3-4-17)15-7-11(8-18)14-2/h10-19H,3-9H2,1-2H3/t10-,11+,12+/m1/s1. The fourth-order valence-electron chi connectivity index (χ4n) is 1.76. The average Bonchev–Trinajstić information content (AvgIpc) is 2.44. The van der Waals surface area contributed by atoms with Gasteiger partial charge in [0, 0.05) is 49.3 Å². The van der Waals surface area contributed by atoms with E-state index in [1.54, 1.807) is 0 Å². The van der Waals surface area contributed by atoms with Gasteiger partial charge in [-0.25, -0.2) is 0 Å². The third-order valence-corrected chi connectivity index (χ3v) is 4.22. The van der Waals surface area contributed by atoms with Crippen molar-refractivity contribution in [2.45, 2.75) is 24.5 Å². The van der Waals surface area contributed by atoms with E-state index in [-0.39, 0.29) is 0 Å². The van der Waals surface area contributed by atoms with Crippen LogP contribution in [0.25, 0.3) is 0 Å². The second-order valence-electron chi connectivity index (χ2n) is 4.63. The zero-order chi connectivity index (χ0) is 14.5. The zero-order valence-corrected chi connectivity index (χ0v) is 14.7. The lowest BCUT2D eigenvalue weighted by molar-refractivity contribution is 0.413. The van der Waals surface area contributed by atoms with Crippen LogP contribution in [0.5, 0.6) is 0 Å². The van der Waals surface area contributed by atoms with E-state index < -0.39 is 0 Å². The molecule has 4 N–H and O–H groups in total. The minimum atomic E-state index is 0.405. The van der Waals surface area contributed by atoms with E-state index in [4.69, 9.17) is 0 Å². The predicted octanol–water partition coefficient (Wildman–Crippen LogP) is -0.110. The molecule has 0 amide bonds. The van der Waals surface area contributed by atoms with Crippen LogP contribution >= 0.6 is 37.9 Å². The van der Waals surface area contributed by atoms with Gasteiger partial charge in [-0.05, 0) is 26.3 Å². The van der Waals surface area contributed by atoms with Gasteiger partial charge in [0.15, 0.2) is 0 Å². The van der Waals surface area contributed by atoms with Crippen LogP contribution in [0.2, 0.25) is 0 Å². The first-order chi connectivity index (χ1) is 9.21. The molecule has 0 radical (unpaired) electrons. The quantitative estimate of drug-likeness (QED) is 0.242. The van der Waals surface area contributed by atoms with E-state index in [2.05, 4.69) is 59.2 Å². The second kappa shape index (κ2) is 13.9. The van der Waals surface area contributed by atoms with Gasteiger partial charge in [-0.3, -0.25) is 0 Å². The largest absolute Gasteiger partial charge is 0.318 e. The first-order valence-electron chi connectivity index (χ1n) is 6.82. The smallest absolute Gasteiger partial charge is 0.0281 e. The zero-order valence-electron chi connectivity index (χ0n) is 12.0. The Labute approximate surface area is 134 Å². The summed E-state index contributed by atoms with van der Waals surface area (Å²) in [5.41, 5.74) is 0. The first-order valence-corrected chi connectivity index (χ1v) is 8.72. The maximum Gasteiger partial charge on any atom is 0.0281 e. The molecule has 0 saturated heterocycles. The van der Waals surface area contributed by atoms with Crippen molar-refractivity contribution in [1.82, 2.24) is 21.3 Å². The molecule has 3 atom stereocenters. The topological polar surface area (TPSA) is 48.1 Å². The van der Waals surface area contributed by atoms with E-state index in [1.165, 1.54) is 0 Å². The summed E-state index contributed by atoms with van der Waals surface area (Å²) in [7, 11) is 3.93. The van der Waals surface area contributed by atoms with Crippen LogP contribution in [-0.2, 0) is 0 Å². The average molecular weight is 327 g/mol. The number of thiol groups is 3. The van der Waals surface area contributed by atoms with Gasteiger partial charge in [0.1, 0.15) is 0 Å². The molecule has 0 rings (SSSR count). The van der Waals surface area contributed by atoms with Gasteiger partial charge in [0.2, 0.25) is 0 Å². The Morgan fingerprint density at radius 1 is 0.789 bits per heavy atom. The monoisotopic (exact) mass is 326 g/mol. The Balaban J connectivity index is 4.02. The lowest BCUT2D eigenvalue weighted by atomic mass is 10.2. The molecule has 4 nitrogen and oxygen atoms in total. The predicted molar refractivity (Wildman–Crippen MR) is 96.5 cm³/mol. The van der Waals surface area contributed by atoms with Gasteiger partial charge in [0.25, 0.3) is 0 Å². The maximum absolute atomic E-state index is 4.36. The molecule has 0 bridgehead atoms. The Morgan fingerprint density at radius 2 is 1.37 bits per heavy atom. The Bertz CT molecular complexity index is 194. The van der Waals surface area contributed by atoms with Crippen molar-refractivity contribution < 1.29 is 0 Å². The molecule has 0 aliphatic heterocycles. The number of hydrogen-bond acceptors (Lipinski definition) is 7. The molecule has 7 heteroatoms.